The van der Waals surface area contributed by atoms with Crippen molar-refractivity contribution in [3.8, 4) is 11.6 Å². The minimum atomic E-state index is -0.916. The Hall–Kier alpha value is -2.15. The van der Waals surface area contributed by atoms with Crippen LogP contribution in [0.1, 0.15) is 10.4 Å². The lowest BCUT2D eigenvalue weighted by atomic mass is 10.3. The van der Waals surface area contributed by atoms with Crippen LogP contribution in [0, 0.1) is 0 Å². The molecule has 0 spiro atoms. The first-order valence-corrected chi connectivity index (χ1v) is 5.63. The number of hydrogen-bond donors (Lipinski definition) is 2. The molecular formula is C11H7BrN2O4. The Morgan fingerprint density at radius 2 is 1.83 bits per heavy atom. The normalized spacial score (nSPS) is 10.3. The second-order valence-electron chi connectivity index (χ2n) is 3.43. The molecule has 0 bridgehead atoms. The maximum atomic E-state index is 11.6. The number of aldehydes is 1. The van der Waals surface area contributed by atoms with Crippen molar-refractivity contribution in [1.82, 2.24) is 9.55 Å². The van der Waals surface area contributed by atoms with Gasteiger partial charge in [-0.25, -0.2) is 9.36 Å². The van der Waals surface area contributed by atoms with Gasteiger partial charge in [0.25, 0.3) is 5.56 Å². The quantitative estimate of drug-likeness (QED) is 0.803. The minimum Gasteiger partial charge on any atom is -0.493 e. The van der Waals surface area contributed by atoms with Gasteiger partial charge in [0.2, 0.25) is 5.88 Å². The highest BCUT2D eigenvalue weighted by atomic mass is 79.9. The highest BCUT2D eigenvalue weighted by molar-refractivity contribution is 9.10. The van der Waals surface area contributed by atoms with Crippen LogP contribution in [0.15, 0.2) is 38.3 Å². The van der Waals surface area contributed by atoms with Gasteiger partial charge in [0.05, 0.1) is 5.69 Å². The number of aromatic nitrogens is 2. The summed E-state index contributed by atoms with van der Waals surface area (Å²) in [5.74, 6) is -0.680. The van der Waals surface area contributed by atoms with Gasteiger partial charge in [-0.2, -0.15) is 0 Å². The Balaban J connectivity index is 2.79. The fraction of sp³-hybridized carbons (Fsp3) is 0. The summed E-state index contributed by atoms with van der Waals surface area (Å²) >= 11 is 3.23. The molecule has 0 saturated carbocycles. The van der Waals surface area contributed by atoms with Crippen molar-refractivity contribution >= 4 is 22.2 Å². The smallest absolute Gasteiger partial charge is 0.335 e. The molecule has 2 N–H and O–H groups in total. The number of halogens is 1. The highest BCUT2D eigenvalue weighted by Crippen LogP contribution is 2.17. The zero-order valence-corrected chi connectivity index (χ0v) is 10.5. The van der Waals surface area contributed by atoms with Gasteiger partial charge >= 0.3 is 5.69 Å². The van der Waals surface area contributed by atoms with Gasteiger partial charge < -0.3 is 5.11 Å². The molecule has 0 aliphatic rings. The average molecular weight is 311 g/mol. The van der Waals surface area contributed by atoms with E-state index >= 15 is 0 Å². The number of nitrogens with zero attached hydrogens (tertiary/aromatic N) is 1. The number of benzene rings is 1. The van der Waals surface area contributed by atoms with Crippen molar-refractivity contribution < 1.29 is 9.90 Å². The molecule has 6 nitrogen and oxygen atoms in total. The summed E-state index contributed by atoms with van der Waals surface area (Å²) < 4.78 is 1.64. The van der Waals surface area contributed by atoms with Crippen LogP contribution in [-0.4, -0.2) is 20.9 Å². The Bertz CT molecular complexity index is 715. The largest absolute Gasteiger partial charge is 0.493 e. The van der Waals surface area contributed by atoms with Crippen LogP contribution in [0.5, 0.6) is 5.88 Å². The van der Waals surface area contributed by atoms with Crippen LogP contribution in [0.25, 0.3) is 5.69 Å². The number of carbonyl (C=O) groups is 1. The molecular weight excluding hydrogens is 304 g/mol. The highest BCUT2D eigenvalue weighted by Gasteiger charge is 2.14. The molecule has 1 heterocycles. The lowest BCUT2D eigenvalue weighted by Gasteiger charge is -2.08. The second-order valence-corrected chi connectivity index (χ2v) is 4.34. The molecule has 1 aromatic carbocycles. The van der Waals surface area contributed by atoms with Crippen molar-refractivity contribution in [3.05, 3.63) is 55.1 Å². The molecule has 1 aromatic heterocycles. The van der Waals surface area contributed by atoms with E-state index in [-0.39, 0.29) is 6.29 Å². The Kier molecular flexibility index (Phi) is 3.15. The average Bonchev–Trinajstić information content (AvgIpc) is 2.31. The third-order valence-electron chi connectivity index (χ3n) is 2.32. The minimum absolute atomic E-state index is 0.197. The summed E-state index contributed by atoms with van der Waals surface area (Å²) in [6.07, 6.45) is 0.197. The molecule has 0 unspecified atom stereocenters. The van der Waals surface area contributed by atoms with E-state index in [9.17, 15) is 19.5 Å². The van der Waals surface area contributed by atoms with E-state index in [1.54, 1.807) is 24.3 Å². The molecule has 0 aliphatic carbocycles. The number of aromatic amines is 1. The Morgan fingerprint density at radius 1 is 1.22 bits per heavy atom. The van der Waals surface area contributed by atoms with Crippen molar-refractivity contribution in [2.24, 2.45) is 0 Å². The van der Waals surface area contributed by atoms with E-state index in [1.165, 1.54) is 0 Å². The van der Waals surface area contributed by atoms with Crippen molar-refractivity contribution in [2.75, 3.05) is 0 Å². The maximum Gasteiger partial charge on any atom is 0.335 e. The summed E-state index contributed by atoms with van der Waals surface area (Å²) in [5.41, 5.74) is -1.89. The van der Waals surface area contributed by atoms with Crippen LogP contribution >= 0.6 is 15.9 Å². The lowest BCUT2D eigenvalue weighted by Crippen LogP contribution is -2.31. The van der Waals surface area contributed by atoms with Crippen molar-refractivity contribution in [3.63, 3.8) is 0 Å². The van der Waals surface area contributed by atoms with Crippen LogP contribution in [0.4, 0.5) is 0 Å². The predicted molar refractivity (Wildman–Crippen MR) is 67.4 cm³/mol. The number of aromatic hydroxyl groups is 1. The zero-order chi connectivity index (χ0) is 13.3. The van der Waals surface area contributed by atoms with Gasteiger partial charge in [0.1, 0.15) is 5.56 Å². The number of rotatable bonds is 2. The first-order chi connectivity index (χ1) is 8.54. The first-order valence-electron chi connectivity index (χ1n) is 4.84. The van der Waals surface area contributed by atoms with Gasteiger partial charge in [-0.05, 0) is 24.3 Å². The van der Waals surface area contributed by atoms with E-state index in [2.05, 4.69) is 15.9 Å². The summed E-state index contributed by atoms with van der Waals surface area (Å²) in [7, 11) is 0. The molecule has 2 rings (SSSR count). The standard InChI is InChI=1S/C11H7BrN2O4/c12-6-1-3-7(4-2-6)14-10(17)8(5-15)9(16)13-11(14)18/h1-5,17H,(H,13,16,18). The van der Waals surface area contributed by atoms with Crippen LogP contribution in [0.3, 0.4) is 0 Å². The van der Waals surface area contributed by atoms with Crippen molar-refractivity contribution in [1.29, 1.82) is 0 Å². The summed E-state index contributed by atoms with van der Waals surface area (Å²) in [6, 6.07) is 6.43. The Morgan fingerprint density at radius 3 is 2.39 bits per heavy atom. The SMILES string of the molecule is O=Cc1c(O)n(-c2ccc(Br)cc2)c(=O)[nH]c1=O. The fourth-order valence-corrected chi connectivity index (χ4v) is 1.74. The summed E-state index contributed by atoms with van der Waals surface area (Å²) in [4.78, 5) is 35.6. The fourth-order valence-electron chi connectivity index (χ4n) is 1.47. The van der Waals surface area contributed by atoms with Gasteiger partial charge in [-0.3, -0.25) is 14.6 Å². The van der Waals surface area contributed by atoms with Gasteiger partial charge in [0.15, 0.2) is 6.29 Å². The van der Waals surface area contributed by atoms with Crippen LogP contribution in [0.2, 0.25) is 0 Å². The first kappa shape index (κ1) is 12.3. The topological polar surface area (TPSA) is 92.2 Å². The number of hydrogen-bond acceptors (Lipinski definition) is 4. The molecule has 92 valence electrons. The molecule has 0 radical (unpaired) electrons. The third-order valence-corrected chi connectivity index (χ3v) is 2.85. The van der Waals surface area contributed by atoms with E-state index < -0.39 is 22.7 Å². The van der Waals surface area contributed by atoms with E-state index in [1.807, 2.05) is 4.98 Å². The Labute approximate surface area is 109 Å². The van der Waals surface area contributed by atoms with Gasteiger partial charge in [-0.1, -0.05) is 15.9 Å². The molecule has 0 saturated heterocycles. The van der Waals surface area contributed by atoms with Gasteiger partial charge in [0, 0.05) is 4.47 Å². The number of H-pyrrole nitrogens is 1. The maximum absolute atomic E-state index is 11.6. The molecule has 2 aromatic rings. The molecule has 7 heteroatoms. The monoisotopic (exact) mass is 310 g/mol. The predicted octanol–water partition coefficient (Wildman–Crippen LogP) is 0.806. The molecule has 0 aliphatic heterocycles. The number of carbonyl (C=O) groups excluding carboxylic acids is 1. The third kappa shape index (κ3) is 2.00. The summed E-state index contributed by atoms with van der Waals surface area (Å²) in [6.45, 7) is 0. The van der Waals surface area contributed by atoms with E-state index in [0.29, 0.717) is 5.69 Å². The van der Waals surface area contributed by atoms with Crippen molar-refractivity contribution in [2.45, 2.75) is 0 Å². The molecule has 0 fully saturated rings. The molecule has 0 atom stereocenters. The van der Waals surface area contributed by atoms with Gasteiger partial charge in [-0.15, -0.1) is 0 Å². The molecule has 18 heavy (non-hydrogen) atoms. The molecule has 0 amide bonds. The van der Waals surface area contributed by atoms with Crippen LogP contribution in [-0.2, 0) is 0 Å². The second kappa shape index (κ2) is 4.61. The number of nitrogens with one attached hydrogen (secondary N) is 1. The van der Waals surface area contributed by atoms with Crippen LogP contribution < -0.4 is 11.2 Å². The van der Waals surface area contributed by atoms with E-state index in [4.69, 9.17) is 0 Å². The zero-order valence-electron chi connectivity index (χ0n) is 8.88. The summed E-state index contributed by atoms with van der Waals surface area (Å²) in [5, 5.41) is 9.77. The van der Waals surface area contributed by atoms with E-state index in [0.717, 1.165) is 9.04 Å². The lowest BCUT2D eigenvalue weighted by molar-refractivity contribution is 0.111.